The molecule has 1 aliphatic heterocycles. The number of ether oxygens (including phenoxy) is 1. The molecule has 0 radical (unpaired) electrons. The first-order chi connectivity index (χ1) is 11.7. The number of morpholine rings is 1. The molecule has 0 spiro atoms. The van der Waals surface area contributed by atoms with Crippen LogP contribution in [0.3, 0.4) is 0 Å². The van der Waals surface area contributed by atoms with Crippen LogP contribution in [0, 0.1) is 6.92 Å². The molecule has 2 aromatic rings. The number of amides is 1. The van der Waals surface area contributed by atoms with Crippen molar-refractivity contribution in [2.45, 2.75) is 38.8 Å². The van der Waals surface area contributed by atoms with Crippen molar-refractivity contribution in [3.05, 3.63) is 42.2 Å². The van der Waals surface area contributed by atoms with E-state index in [0.717, 1.165) is 24.2 Å². The van der Waals surface area contributed by atoms with Crippen LogP contribution in [-0.4, -0.2) is 56.4 Å². The van der Waals surface area contributed by atoms with Gasteiger partial charge in [0, 0.05) is 44.1 Å². The predicted octanol–water partition coefficient (Wildman–Crippen LogP) is 1.23. The molecule has 128 valence electrons. The van der Waals surface area contributed by atoms with E-state index in [4.69, 9.17) is 4.74 Å². The minimum atomic E-state index is 0.0737. The summed E-state index contributed by atoms with van der Waals surface area (Å²) in [4.78, 5) is 22.5. The summed E-state index contributed by atoms with van der Waals surface area (Å²) in [7, 11) is 0. The molecule has 1 unspecified atom stereocenters. The van der Waals surface area contributed by atoms with Gasteiger partial charge in [0.2, 0.25) is 5.91 Å². The van der Waals surface area contributed by atoms with Crippen LogP contribution in [0.5, 0.6) is 0 Å². The van der Waals surface area contributed by atoms with Crippen molar-refractivity contribution < 1.29 is 9.53 Å². The number of carbonyl (C=O) groups is 1. The second-order valence-electron chi connectivity index (χ2n) is 6.04. The van der Waals surface area contributed by atoms with Crippen LogP contribution in [0.4, 0.5) is 0 Å². The normalized spacial score (nSPS) is 17.9. The fourth-order valence-electron chi connectivity index (χ4n) is 2.85. The van der Waals surface area contributed by atoms with Gasteiger partial charge in [-0.2, -0.15) is 5.10 Å². The molecule has 7 nitrogen and oxygen atoms in total. The summed E-state index contributed by atoms with van der Waals surface area (Å²) in [5.74, 6) is 0.165. The largest absolute Gasteiger partial charge is 0.375 e. The highest BCUT2D eigenvalue weighted by molar-refractivity contribution is 5.76. The van der Waals surface area contributed by atoms with E-state index in [2.05, 4.69) is 15.1 Å². The first kappa shape index (κ1) is 16.6. The Morgan fingerprint density at radius 2 is 2.33 bits per heavy atom. The van der Waals surface area contributed by atoms with Gasteiger partial charge in [0.15, 0.2) is 0 Å². The number of aryl methyl sites for hydroxylation is 3. The molecule has 0 aliphatic carbocycles. The lowest BCUT2D eigenvalue weighted by Crippen LogP contribution is -2.46. The highest BCUT2D eigenvalue weighted by Crippen LogP contribution is 2.12. The fraction of sp³-hybridized carbons (Fsp3) is 0.529. The average Bonchev–Trinajstić information content (AvgIpc) is 3.04. The summed E-state index contributed by atoms with van der Waals surface area (Å²) in [6, 6.07) is 3.86. The van der Waals surface area contributed by atoms with E-state index < -0.39 is 0 Å². The van der Waals surface area contributed by atoms with Crippen molar-refractivity contribution in [2.24, 2.45) is 0 Å². The van der Waals surface area contributed by atoms with Gasteiger partial charge < -0.3 is 9.64 Å². The molecule has 1 saturated heterocycles. The Morgan fingerprint density at radius 1 is 1.42 bits per heavy atom. The minimum Gasteiger partial charge on any atom is -0.375 e. The first-order valence-corrected chi connectivity index (χ1v) is 8.35. The SMILES string of the molecule is Cc1ccn(CCC(=O)N2CCOC(CCc3ccncn3)C2)n1. The second kappa shape index (κ2) is 8.01. The number of hydrogen-bond donors (Lipinski definition) is 0. The van der Waals surface area contributed by atoms with Gasteiger partial charge in [0.25, 0.3) is 0 Å². The van der Waals surface area contributed by atoms with Gasteiger partial charge >= 0.3 is 0 Å². The van der Waals surface area contributed by atoms with Crippen molar-refractivity contribution >= 4 is 5.91 Å². The van der Waals surface area contributed by atoms with E-state index >= 15 is 0 Å². The van der Waals surface area contributed by atoms with Gasteiger partial charge in [0.1, 0.15) is 6.33 Å². The quantitative estimate of drug-likeness (QED) is 0.797. The van der Waals surface area contributed by atoms with E-state index in [-0.39, 0.29) is 12.0 Å². The van der Waals surface area contributed by atoms with Gasteiger partial charge in [-0.25, -0.2) is 9.97 Å². The topological polar surface area (TPSA) is 73.1 Å². The zero-order valence-corrected chi connectivity index (χ0v) is 14.0. The maximum absolute atomic E-state index is 12.4. The molecule has 2 aromatic heterocycles. The fourth-order valence-corrected chi connectivity index (χ4v) is 2.85. The number of carbonyl (C=O) groups excluding carboxylic acids is 1. The van der Waals surface area contributed by atoms with Crippen LogP contribution in [0.1, 0.15) is 24.2 Å². The van der Waals surface area contributed by atoms with Crippen LogP contribution in [0.25, 0.3) is 0 Å². The Hall–Kier alpha value is -2.28. The van der Waals surface area contributed by atoms with E-state index in [0.29, 0.717) is 32.7 Å². The number of rotatable bonds is 6. The monoisotopic (exact) mass is 329 g/mol. The first-order valence-electron chi connectivity index (χ1n) is 8.35. The lowest BCUT2D eigenvalue weighted by atomic mass is 10.1. The summed E-state index contributed by atoms with van der Waals surface area (Å²) in [6.07, 6.45) is 7.46. The van der Waals surface area contributed by atoms with Crippen LogP contribution >= 0.6 is 0 Å². The molecule has 3 heterocycles. The van der Waals surface area contributed by atoms with E-state index in [1.54, 1.807) is 12.5 Å². The number of hydrogen-bond acceptors (Lipinski definition) is 5. The summed E-state index contributed by atoms with van der Waals surface area (Å²) in [5.41, 5.74) is 1.98. The summed E-state index contributed by atoms with van der Waals surface area (Å²) in [6.45, 7) is 4.49. The smallest absolute Gasteiger partial charge is 0.224 e. The molecular weight excluding hydrogens is 306 g/mol. The Labute approximate surface area is 141 Å². The van der Waals surface area contributed by atoms with Crippen molar-refractivity contribution in [1.82, 2.24) is 24.6 Å². The highest BCUT2D eigenvalue weighted by Gasteiger charge is 2.24. The van der Waals surface area contributed by atoms with E-state index in [9.17, 15) is 4.79 Å². The van der Waals surface area contributed by atoms with Crippen LogP contribution in [0.2, 0.25) is 0 Å². The van der Waals surface area contributed by atoms with Gasteiger partial charge in [-0.1, -0.05) is 0 Å². The zero-order valence-electron chi connectivity index (χ0n) is 14.0. The van der Waals surface area contributed by atoms with E-state index in [1.807, 2.05) is 34.8 Å². The predicted molar refractivity (Wildman–Crippen MR) is 88.3 cm³/mol. The third-order valence-corrected chi connectivity index (χ3v) is 4.19. The highest BCUT2D eigenvalue weighted by atomic mass is 16.5. The summed E-state index contributed by atoms with van der Waals surface area (Å²) < 4.78 is 7.61. The van der Waals surface area contributed by atoms with E-state index in [1.165, 1.54) is 0 Å². The van der Waals surface area contributed by atoms with Crippen molar-refractivity contribution in [3.8, 4) is 0 Å². The second-order valence-corrected chi connectivity index (χ2v) is 6.04. The summed E-state index contributed by atoms with van der Waals surface area (Å²) in [5, 5.41) is 4.31. The third-order valence-electron chi connectivity index (χ3n) is 4.19. The molecule has 3 rings (SSSR count). The molecular formula is C17H23N5O2. The van der Waals surface area contributed by atoms with Gasteiger partial charge in [0.05, 0.1) is 18.4 Å². The Balaban J connectivity index is 1.45. The third kappa shape index (κ3) is 4.61. The molecule has 1 fully saturated rings. The van der Waals surface area contributed by atoms with Gasteiger partial charge in [-0.05, 0) is 31.9 Å². The molecule has 0 aromatic carbocycles. The van der Waals surface area contributed by atoms with Crippen LogP contribution < -0.4 is 0 Å². The maximum atomic E-state index is 12.4. The lowest BCUT2D eigenvalue weighted by Gasteiger charge is -2.33. The number of aromatic nitrogens is 4. The standard InChI is InChI=1S/C17H23N5O2/c1-14-5-8-22(20-14)9-6-17(23)21-10-11-24-16(12-21)3-2-15-4-7-18-13-19-15/h4-5,7-8,13,16H,2-3,6,9-12H2,1H3. The van der Waals surface area contributed by atoms with Crippen LogP contribution in [0.15, 0.2) is 30.9 Å². The van der Waals surface area contributed by atoms with Gasteiger partial charge in [-0.15, -0.1) is 0 Å². The number of nitrogens with zero attached hydrogens (tertiary/aromatic N) is 5. The molecule has 0 bridgehead atoms. The molecule has 24 heavy (non-hydrogen) atoms. The zero-order chi connectivity index (χ0) is 16.8. The molecule has 1 atom stereocenters. The summed E-state index contributed by atoms with van der Waals surface area (Å²) >= 11 is 0. The van der Waals surface area contributed by atoms with Crippen molar-refractivity contribution in [1.29, 1.82) is 0 Å². The molecule has 0 saturated carbocycles. The average molecular weight is 329 g/mol. The van der Waals surface area contributed by atoms with Crippen LogP contribution in [-0.2, 0) is 22.5 Å². The minimum absolute atomic E-state index is 0.0737. The molecule has 7 heteroatoms. The van der Waals surface area contributed by atoms with Gasteiger partial charge in [-0.3, -0.25) is 9.48 Å². The Kier molecular flexibility index (Phi) is 5.53. The van der Waals surface area contributed by atoms with Crippen molar-refractivity contribution in [2.75, 3.05) is 19.7 Å². The molecule has 1 amide bonds. The van der Waals surface area contributed by atoms with Crippen molar-refractivity contribution in [3.63, 3.8) is 0 Å². The molecule has 1 aliphatic rings. The Bertz CT molecular complexity index is 658. The molecule has 0 N–H and O–H groups in total. The maximum Gasteiger partial charge on any atom is 0.224 e. The Morgan fingerprint density at radius 3 is 3.08 bits per heavy atom. The lowest BCUT2D eigenvalue weighted by molar-refractivity contribution is -0.139.